The van der Waals surface area contributed by atoms with E-state index in [4.69, 9.17) is 32.5 Å². The second kappa shape index (κ2) is 31.3. The summed E-state index contributed by atoms with van der Waals surface area (Å²) in [4.78, 5) is 103. The number of nitrogens with one attached hydrogen (secondary N) is 5. The molecule has 4 fully saturated rings. The third-order valence-corrected chi connectivity index (χ3v) is 22.3. The van der Waals surface area contributed by atoms with E-state index in [-0.39, 0.29) is 92.7 Å². The molecule has 4 amide bonds. The number of carbonyl (C=O) groups is 4. The van der Waals surface area contributed by atoms with Crippen molar-refractivity contribution in [3.63, 3.8) is 0 Å². The Bertz CT molecular complexity index is 6350. The van der Waals surface area contributed by atoms with Crippen molar-refractivity contribution in [1.29, 1.82) is 0 Å². The van der Waals surface area contributed by atoms with Gasteiger partial charge in [0, 0.05) is 41.3 Å². The van der Waals surface area contributed by atoms with Crippen LogP contribution >= 0.6 is 11.6 Å². The molecule has 0 atom stereocenters. The van der Waals surface area contributed by atoms with Gasteiger partial charge in [0.25, 0.3) is 11.4 Å². The van der Waals surface area contributed by atoms with Gasteiger partial charge in [-0.3, -0.25) is 34.1 Å². The molecule has 19 rings (SSSR count). The molecule has 4 aromatic carbocycles. The highest BCUT2D eigenvalue weighted by Crippen LogP contribution is 2.57. The quantitative estimate of drug-likeness (QED) is 0.0181. The van der Waals surface area contributed by atoms with E-state index >= 15 is 0 Å². The monoisotopic (exact) mass is 1740 g/mol. The summed E-state index contributed by atoms with van der Waals surface area (Å²) in [5.41, 5.74) is 16.7. The molecule has 4 aliphatic carbocycles. The van der Waals surface area contributed by atoms with Crippen LogP contribution in [0.4, 0.5) is 75.5 Å². The lowest BCUT2D eigenvalue weighted by Crippen LogP contribution is -2.28. The van der Waals surface area contributed by atoms with Crippen molar-refractivity contribution >= 4 is 75.6 Å². The third-order valence-electron chi connectivity index (χ3n) is 21.9. The molecule has 0 spiro atoms. The Hall–Kier alpha value is -14.7. The molecule has 4 saturated carbocycles. The Morgan fingerprint density at radius 3 is 1.02 bits per heavy atom. The average molecular weight is 1750 g/mol. The molecule has 0 bridgehead atoms. The molecule has 7 aromatic heterocycles. The number of nitrogens with two attached hydrogens (primary N) is 2. The van der Waals surface area contributed by atoms with Gasteiger partial charge in [-0.25, -0.2) is 29.9 Å². The van der Waals surface area contributed by atoms with Crippen LogP contribution in [0.5, 0.6) is 57.8 Å². The number of hydrogen-bond donors (Lipinski definition) is 7. The van der Waals surface area contributed by atoms with Gasteiger partial charge in [-0.05, 0) is 208 Å². The number of nitrogens with zero attached hydrogens (tertiary/aromatic N) is 7. The highest BCUT2D eigenvalue weighted by molar-refractivity contribution is 6.30. The van der Waals surface area contributed by atoms with Crippen LogP contribution in [-0.2, 0) is 40.8 Å². The summed E-state index contributed by atoms with van der Waals surface area (Å²) in [5, 5.41) is 22.9. The second-order valence-electron chi connectivity index (χ2n) is 30.4. The number of carbonyl (C=O) groups excluding carboxylic acids is 4. The van der Waals surface area contributed by atoms with E-state index in [1.807, 2.05) is 26.8 Å². The lowest BCUT2D eigenvalue weighted by Gasteiger charge is -2.17. The maximum Gasteiger partial charge on any atom is 0.586 e. The predicted molar refractivity (Wildman–Crippen MR) is 431 cm³/mol. The highest BCUT2D eigenvalue weighted by atomic mass is 35.5. The van der Waals surface area contributed by atoms with Crippen LogP contribution in [0.3, 0.4) is 0 Å². The van der Waals surface area contributed by atoms with Crippen LogP contribution in [0.25, 0.3) is 33.8 Å². The van der Waals surface area contributed by atoms with Crippen molar-refractivity contribution in [3.8, 4) is 91.5 Å². The van der Waals surface area contributed by atoms with Crippen molar-refractivity contribution in [2.75, 3.05) is 47.0 Å². The zero-order valence-electron chi connectivity index (χ0n) is 66.3. The zero-order valence-corrected chi connectivity index (χ0v) is 67.1. The molecule has 31 nitrogen and oxygen atoms in total. The first-order valence-electron chi connectivity index (χ1n) is 38.2. The van der Waals surface area contributed by atoms with Crippen LogP contribution in [0.15, 0.2) is 163 Å². The first-order chi connectivity index (χ1) is 59.3. The largest absolute Gasteiger partial charge is 0.586 e. The van der Waals surface area contributed by atoms with Crippen molar-refractivity contribution in [3.05, 3.63) is 228 Å². The topological polar surface area (TPSA) is 414 Å². The fourth-order valence-corrected chi connectivity index (χ4v) is 14.7. The number of nitrogen functional groups attached to an aromatic ring is 2. The number of hydrogen-bond acceptors (Lipinski definition) is 25. The molecule has 11 heterocycles. The summed E-state index contributed by atoms with van der Waals surface area (Å²) in [6, 6.07) is 35.8. The number of halogens is 9. The summed E-state index contributed by atoms with van der Waals surface area (Å²) in [6.07, 6.45) is -5.82. The number of amides is 4. The van der Waals surface area contributed by atoms with Gasteiger partial charge >= 0.3 is 30.9 Å². The summed E-state index contributed by atoms with van der Waals surface area (Å²) >= 11 is 5.97. The highest BCUT2D eigenvalue weighted by Gasteiger charge is 2.57. The Kier molecular flexibility index (Phi) is 21.1. The first-order valence-corrected chi connectivity index (χ1v) is 38.6. The molecule has 0 unspecified atom stereocenters. The molecule has 9 N–H and O–H groups in total. The van der Waals surface area contributed by atoms with Crippen molar-refractivity contribution in [2.24, 2.45) is 0 Å². The SMILES string of the molecule is COc1ncc(-c2nc(NC(=O)C3(c4ccc5c(c4)OC(F)(F)O5)CC3)ccc2C)cc1N.COc1ncc(-c2nc(NC(=O)C3(c4ccc5c(c4)OC(F)(F)O5)CC3)ccc2C)cc1[N+](=O)[O-].Cc1ccc(NC(=O)C2(c3ccc4c(c3)OC(F)(F)O4)CC2)nc1-c1c[nH]c(=O)c(N)c1.Cc1ccc(NC(=O)C2(c3ccc4c(c3)OC(F)(F)O4)CC2)nc1Cl. The van der Waals surface area contributed by atoms with Gasteiger partial charge < -0.3 is 85.1 Å². The van der Waals surface area contributed by atoms with Crippen molar-refractivity contribution < 1.29 is 107 Å². The number of rotatable bonds is 18. The van der Waals surface area contributed by atoms with Gasteiger partial charge in [-0.1, -0.05) is 60.1 Å². The van der Waals surface area contributed by atoms with Crippen molar-refractivity contribution in [1.82, 2.24) is 34.9 Å². The molecular formula is C85H69ClF8N14O17. The number of alkyl halides is 8. The number of fused-ring (bicyclic) bond motifs is 4. The fraction of sp³-hybridized carbons (Fsp3) is 0.259. The van der Waals surface area contributed by atoms with E-state index in [0.29, 0.717) is 147 Å². The van der Waals surface area contributed by atoms with Crippen molar-refractivity contribution in [2.45, 2.75) is 126 Å². The lowest BCUT2D eigenvalue weighted by molar-refractivity contribution is -0.386. The summed E-state index contributed by atoms with van der Waals surface area (Å²) in [5.74, 6) is -0.403. The van der Waals surface area contributed by atoms with E-state index in [1.54, 1.807) is 85.9 Å². The average Bonchev–Trinajstić information content (AvgIpc) is 1.60. The predicted octanol–water partition coefficient (Wildman–Crippen LogP) is 15.7. The maximum absolute atomic E-state index is 13.4. The first kappa shape index (κ1) is 84.0. The van der Waals surface area contributed by atoms with E-state index < -0.39 is 57.3 Å². The number of aryl methyl sites for hydroxylation is 4. The van der Waals surface area contributed by atoms with Crippen LogP contribution in [0, 0.1) is 37.8 Å². The molecule has 4 aliphatic heterocycles. The van der Waals surface area contributed by atoms with Gasteiger partial charge in [0.05, 0.1) is 69.3 Å². The molecule has 125 heavy (non-hydrogen) atoms. The second-order valence-corrected chi connectivity index (χ2v) is 30.7. The van der Waals surface area contributed by atoms with E-state index in [0.717, 1.165) is 16.7 Å². The van der Waals surface area contributed by atoms with Gasteiger partial charge in [0.15, 0.2) is 46.0 Å². The minimum absolute atomic E-state index is 0.0445. The Morgan fingerprint density at radius 2 is 0.712 bits per heavy atom. The smallest absolute Gasteiger partial charge is 0.480 e. The van der Waals surface area contributed by atoms with Crippen LogP contribution in [0.2, 0.25) is 5.15 Å². The summed E-state index contributed by atoms with van der Waals surface area (Å²) in [6.45, 7) is 7.32. The van der Waals surface area contributed by atoms with Gasteiger partial charge in [-0.2, -0.15) is 0 Å². The molecule has 644 valence electrons. The van der Waals surface area contributed by atoms with Crippen LogP contribution in [0.1, 0.15) is 95.9 Å². The third kappa shape index (κ3) is 17.0. The number of aromatic nitrogens is 7. The molecule has 0 saturated heterocycles. The number of methoxy groups -OCH3 is 2. The fourth-order valence-electron chi connectivity index (χ4n) is 14.5. The number of benzene rings is 4. The zero-order chi connectivity index (χ0) is 88.8. The number of ether oxygens (including phenoxy) is 10. The molecule has 11 aromatic rings. The Balaban J connectivity index is 0.000000124. The number of H-pyrrole nitrogens is 1. The number of nitro groups is 1. The van der Waals surface area contributed by atoms with Gasteiger partial charge in [-0.15, -0.1) is 35.1 Å². The lowest BCUT2D eigenvalue weighted by atomic mass is 9.94. The molecular weight excluding hydrogens is 1680 g/mol. The van der Waals surface area contributed by atoms with Crippen LogP contribution in [-0.4, -0.2) is 103 Å². The Morgan fingerprint density at radius 1 is 0.416 bits per heavy atom. The minimum atomic E-state index is -3.74. The van der Waals surface area contributed by atoms with E-state index in [9.17, 15) is 69.2 Å². The summed E-state index contributed by atoms with van der Waals surface area (Å²) < 4.78 is 152. The van der Waals surface area contributed by atoms with E-state index in [2.05, 4.69) is 94.0 Å². The van der Waals surface area contributed by atoms with E-state index in [1.165, 1.54) is 87.3 Å². The van der Waals surface area contributed by atoms with Gasteiger partial charge in [0.2, 0.25) is 29.5 Å². The van der Waals surface area contributed by atoms with Crippen LogP contribution < -0.4 is 85.7 Å². The molecule has 0 radical (unpaired) electrons. The minimum Gasteiger partial charge on any atom is -0.480 e. The number of pyridine rings is 7. The molecule has 8 aliphatic rings. The summed E-state index contributed by atoms with van der Waals surface area (Å²) in [7, 11) is 2.77. The maximum atomic E-state index is 13.4. The Labute approximate surface area is 706 Å². The normalized spacial score (nSPS) is 17.2. The number of anilines is 6. The number of aromatic amines is 1. The van der Waals surface area contributed by atoms with Gasteiger partial charge in [0.1, 0.15) is 28.4 Å². The molecule has 40 heteroatoms. The standard InChI is InChI=1S/C23H18F2N4O6.C23H20F2N4O4.C22H18F2N4O4.C17H13ClF2N2O3/c1-12-3-6-18(27-19(12)13-9-15(29(31)32)20(33-2)26-11-13)28-21(30)22(7-8-22)14-4-5-16-17(10-14)35-23(24,25)34-16;1-12-3-6-18(28-19(12)13-9-15(26)20(31-2)27-11-13)29-21(30)22(7-8-22)14-4-5-16-17(10-14)33-23(24,25)32-16;1-11-2-5-17(27-18(11)12-8-14(25)19(29)26-10-12)28-20(30)21(6-7-21)13-3-4-15-16(9-13)32-22(23,24)31-15;1-9-2-5-13(21-14(9)18)22-15(23)16(6-7-16)10-3-4-11-12(8-10)25-17(19,20)24-11/h3-6,9-11H,7-8H2,1-2H3,(H,27,28,30);3-6,9-11H,7-8,26H2,1-2H3,(H,28,29,30);2-5,8-10H,6-7,25H2,1H3,(H,26,29)(H,27,28,30);2-5,8H,6-7H2,1H3,(H,21,22,23).